The zero-order valence-corrected chi connectivity index (χ0v) is 18.0. The minimum atomic E-state index is -0.0212. The van der Waals surface area contributed by atoms with Crippen molar-refractivity contribution in [3.05, 3.63) is 24.0 Å². The van der Waals surface area contributed by atoms with Crippen LogP contribution in [0.3, 0.4) is 0 Å². The first kappa shape index (κ1) is 20.9. The molecular weight excluding hydrogens is 352 g/mol. The highest BCUT2D eigenvalue weighted by Crippen LogP contribution is 2.24. The second-order valence-corrected chi connectivity index (χ2v) is 9.46. The second-order valence-electron chi connectivity index (χ2n) is 9.46. The fourth-order valence-corrected chi connectivity index (χ4v) is 4.15. The van der Waals surface area contributed by atoms with E-state index in [4.69, 9.17) is 0 Å². The molecule has 0 spiro atoms. The number of nitrogens with zero attached hydrogens (tertiary/aromatic N) is 4. The standard InChI is InChI=1S/C22H36N4O2/c1-22(2,3)26-11-9-19(17-26)21(28)25-10-5-6-18(16-25)7-8-20(27)24-14-12-23(4)13-15-24/h9,11,17-18H,5-8,10,12-16H2,1-4H3/t18-/m1/s1. The third-order valence-corrected chi connectivity index (χ3v) is 6.14. The minimum absolute atomic E-state index is 0.0212. The number of amides is 2. The molecule has 0 aromatic carbocycles. The lowest BCUT2D eigenvalue weighted by atomic mass is 9.92. The quantitative estimate of drug-likeness (QED) is 0.797. The zero-order valence-electron chi connectivity index (χ0n) is 18.0. The largest absolute Gasteiger partial charge is 0.348 e. The van der Waals surface area contributed by atoms with Crippen LogP contribution in [0.5, 0.6) is 0 Å². The Morgan fingerprint density at radius 3 is 2.43 bits per heavy atom. The summed E-state index contributed by atoms with van der Waals surface area (Å²) in [5.41, 5.74) is 0.746. The van der Waals surface area contributed by atoms with Crippen molar-refractivity contribution in [2.45, 2.75) is 52.0 Å². The Bertz CT molecular complexity index is 683. The van der Waals surface area contributed by atoms with Gasteiger partial charge in [-0.25, -0.2) is 0 Å². The highest BCUT2D eigenvalue weighted by molar-refractivity contribution is 5.94. The topological polar surface area (TPSA) is 48.8 Å². The van der Waals surface area contributed by atoms with Crippen LogP contribution in [0.2, 0.25) is 0 Å². The Balaban J connectivity index is 1.50. The van der Waals surface area contributed by atoms with E-state index in [1.54, 1.807) is 0 Å². The molecule has 0 aliphatic carbocycles. The maximum atomic E-state index is 12.9. The Morgan fingerprint density at radius 2 is 1.79 bits per heavy atom. The third kappa shape index (κ3) is 5.16. The molecule has 0 N–H and O–H groups in total. The average Bonchev–Trinajstić information content (AvgIpc) is 3.17. The molecule has 0 unspecified atom stereocenters. The smallest absolute Gasteiger partial charge is 0.255 e. The molecule has 2 aliphatic heterocycles. The van der Waals surface area contributed by atoms with E-state index in [2.05, 4.69) is 37.3 Å². The summed E-state index contributed by atoms with van der Waals surface area (Å²) in [6.45, 7) is 11.6. The van der Waals surface area contributed by atoms with Gasteiger partial charge in [-0.1, -0.05) is 0 Å². The predicted octanol–water partition coefficient (Wildman–Crippen LogP) is 2.65. The van der Waals surface area contributed by atoms with Crippen molar-refractivity contribution in [1.29, 1.82) is 0 Å². The number of carbonyl (C=O) groups is 2. The summed E-state index contributed by atoms with van der Waals surface area (Å²) in [6, 6.07) is 1.92. The molecule has 2 amide bonds. The Hall–Kier alpha value is -1.82. The van der Waals surface area contributed by atoms with Crippen molar-refractivity contribution in [2.24, 2.45) is 5.92 Å². The van der Waals surface area contributed by atoms with Crippen molar-refractivity contribution in [3.8, 4) is 0 Å². The van der Waals surface area contributed by atoms with Crippen LogP contribution < -0.4 is 0 Å². The molecule has 1 aromatic heterocycles. The van der Waals surface area contributed by atoms with Gasteiger partial charge in [0.15, 0.2) is 0 Å². The van der Waals surface area contributed by atoms with E-state index in [0.29, 0.717) is 12.3 Å². The molecule has 3 rings (SSSR count). The Kier molecular flexibility index (Phi) is 6.48. The van der Waals surface area contributed by atoms with Crippen LogP contribution in [-0.2, 0) is 10.3 Å². The number of rotatable bonds is 4. The van der Waals surface area contributed by atoms with Crippen LogP contribution in [0, 0.1) is 5.92 Å². The highest BCUT2D eigenvalue weighted by Gasteiger charge is 2.27. The highest BCUT2D eigenvalue weighted by atomic mass is 16.2. The zero-order chi connectivity index (χ0) is 20.3. The van der Waals surface area contributed by atoms with Crippen LogP contribution in [0.4, 0.5) is 0 Å². The SMILES string of the molecule is CN1CCN(C(=O)CC[C@H]2CCCN(C(=O)c3ccn(C(C)(C)C)c3)C2)CC1. The molecule has 3 heterocycles. The monoisotopic (exact) mass is 388 g/mol. The summed E-state index contributed by atoms with van der Waals surface area (Å²) in [4.78, 5) is 31.7. The number of hydrogen-bond acceptors (Lipinski definition) is 3. The van der Waals surface area contributed by atoms with Gasteiger partial charge in [-0.05, 0) is 59.1 Å². The van der Waals surface area contributed by atoms with E-state index in [-0.39, 0.29) is 17.4 Å². The Morgan fingerprint density at radius 1 is 1.07 bits per heavy atom. The molecule has 0 saturated carbocycles. The van der Waals surface area contributed by atoms with Crippen molar-refractivity contribution < 1.29 is 9.59 Å². The summed E-state index contributed by atoms with van der Waals surface area (Å²) >= 11 is 0. The van der Waals surface area contributed by atoms with Gasteiger partial charge in [-0.2, -0.15) is 0 Å². The number of piperazine rings is 1. The first-order valence-corrected chi connectivity index (χ1v) is 10.7. The van der Waals surface area contributed by atoms with Gasteiger partial charge in [0.2, 0.25) is 5.91 Å². The maximum absolute atomic E-state index is 12.9. The van der Waals surface area contributed by atoms with E-state index in [1.165, 1.54) is 0 Å². The molecule has 0 bridgehead atoms. The number of aromatic nitrogens is 1. The summed E-state index contributed by atoms with van der Waals surface area (Å²) in [5, 5.41) is 0. The van der Waals surface area contributed by atoms with Gasteiger partial charge < -0.3 is 19.3 Å². The molecule has 6 nitrogen and oxygen atoms in total. The molecule has 6 heteroatoms. The van der Waals surface area contributed by atoms with Crippen molar-refractivity contribution in [1.82, 2.24) is 19.3 Å². The molecule has 156 valence electrons. The molecular formula is C22H36N4O2. The molecule has 1 aromatic rings. The number of hydrogen-bond donors (Lipinski definition) is 0. The molecule has 2 aliphatic rings. The number of piperidine rings is 1. The van der Waals surface area contributed by atoms with Gasteiger partial charge in [0.25, 0.3) is 5.91 Å². The normalized spacial score (nSPS) is 21.8. The van der Waals surface area contributed by atoms with Crippen LogP contribution in [0.1, 0.15) is 56.8 Å². The predicted molar refractivity (Wildman–Crippen MR) is 111 cm³/mol. The van der Waals surface area contributed by atoms with E-state index >= 15 is 0 Å². The maximum Gasteiger partial charge on any atom is 0.255 e. The number of carbonyl (C=O) groups excluding carboxylic acids is 2. The van der Waals surface area contributed by atoms with Crippen LogP contribution in [0.15, 0.2) is 18.5 Å². The van der Waals surface area contributed by atoms with Crippen LogP contribution in [0.25, 0.3) is 0 Å². The third-order valence-electron chi connectivity index (χ3n) is 6.14. The van der Waals surface area contributed by atoms with Gasteiger partial charge in [0.05, 0.1) is 5.56 Å². The van der Waals surface area contributed by atoms with Crippen molar-refractivity contribution in [3.63, 3.8) is 0 Å². The fourth-order valence-electron chi connectivity index (χ4n) is 4.15. The van der Waals surface area contributed by atoms with Gasteiger partial charge in [-0.3, -0.25) is 9.59 Å². The Labute approximate surface area is 169 Å². The fraction of sp³-hybridized carbons (Fsp3) is 0.727. The van der Waals surface area contributed by atoms with Crippen molar-refractivity contribution in [2.75, 3.05) is 46.3 Å². The lowest BCUT2D eigenvalue weighted by molar-refractivity contribution is -0.133. The van der Waals surface area contributed by atoms with Crippen molar-refractivity contribution >= 4 is 11.8 Å². The first-order valence-electron chi connectivity index (χ1n) is 10.7. The lowest BCUT2D eigenvalue weighted by Gasteiger charge is -2.34. The van der Waals surface area contributed by atoms with E-state index in [9.17, 15) is 9.59 Å². The van der Waals surface area contributed by atoms with E-state index in [1.807, 2.05) is 28.3 Å². The van der Waals surface area contributed by atoms with Gasteiger partial charge in [-0.15, -0.1) is 0 Å². The molecule has 1 atom stereocenters. The average molecular weight is 389 g/mol. The molecule has 2 fully saturated rings. The first-order chi connectivity index (χ1) is 13.2. The molecule has 28 heavy (non-hydrogen) atoms. The molecule has 0 radical (unpaired) electrons. The summed E-state index contributed by atoms with van der Waals surface area (Å²) in [7, 11) is 2.10. The van der Waals surface area contributed by atoms with Crippen LogP contribution >= 0.6 is 0 Å². The minimum Gasteiger partial charge on any atom is -0.348 e. The van der Waals surface area contributed by atoms with Crippen LogP contribution in [-0.4, -0.2) is 77.4 Å². The van der Waals surface area contributed by atoms with Gasteiger partial charge in [0, 0.05) is 63.6 Å². The lowest BCUT2D eigenvalue weighted by Crippen LogP contribution is -2.47. The summed E-state index contributed by atoms with van der Waals surface area (Å²) < 4.78 is 2.09. The summed E-state index contributed by atoms with van der Waals surface area (Å²) in [5.74, 6) is 0.829. The second kappa shape index (κ2) is 8.68. The number of likely N-dealkylation sites (tertiary alicyclic amines) is 1. The van der Waals surface area contributed by atoms with Gasteiger partial charge in [0.1, 0.15) is 0 Å². The number of likely N-dealkylation sites (N-methyl/N-ethyl adjacent to an activating group) is 1. The van der Waals surface area contributed by atoms with Gasteiger partial charge >= 0.3 is 0 Å². The van der Waals surface area contributed by atoms with E-state index < -0.39 is 0 Å². The molecule has 2 saturated heterocycles. The summed E-state index contributed by atoms with van der Waals surface area (Å²) in [6.07, 6.45) is 7.59. The van der Waals surface area contributed by atoms with E-state index in [0.717, 1.165) is 64.1 Å².